The van der Waals surface area contributed by atoms with Crippen LogP contribution in [0, 0.1) is 0 Å². The number of carbonyl (C=O) groups is 1. The lowest BCUT2D eigenvalue weighted by Crippen LogP contribution is -2.36. The molecular weight excluding hydrogens is 334 g/mol. The molecule has 1 saturated carbocycles. The Kier molecular flexibility index (Phi) is 5.12. The van der Waals surface area contributed by atoms with Crippen LogP contribution in [0.5, 0.6) is 0 Å². The first-order chi connectivity index (χ1) is 12.3. The number of piperidine rings is 1. The lowest BCUT2D eigenvalue weighted by Gasteiger charge is -2.32. The minimum absolute atomic E-state index is 0.0795. The number of thiophene rings is 1. The number of rotatable bonds is 5. The molecule has 0 radical (unpaired) electrons. The first kappa shape index (κ1) is 16.7. The van der Waals surface area contributed by atoms with E-state index in [1.165, 1.54) is 18.4 Å². The van der Waals surface area contributed by atoms with Crippen LogP contribution in [0.2, 0.25) is 0 Å². The second-order valence-corrected chi connectivity index (χ2v) is 7.98. The molecule has 25 heavy (non-hydrogen) atoms. The monoisotopic (exact) mass is 359 g/mol. The van der Waals surface area contributed by atoms with E-state index in [-0.39, 0.29) is 5.91 Å². The summed E-state index contributed by atoms with van der Waals surface area (Å²) in [4.78, 5) is 14.8. The molecule has 1 atom stereocenters. The van der Waals surface area contributed by atoms with Gasteiger partial charge in [-0.2, -0.15) is 11.3 Å². The third-order valence-corrected chi connectivity index (χ3v) is 6.01. The fraction of sp³-hybridized carbons (Fsp3) is 0.611. The highest BCUT2D eigenvalue weighted by Gasteiger charge is 2.24. The standard InChI is InChI=1S/C18H25N5OS/c24-18(19-15-4-1-2-5-15)17-12-23(21-20-17)16-6-3-8-22(11-16)10-14-7-9-25-13-14/h7,9,12-13,15-16H,1-6,8,10-11H2,(H,19,24). The van der Waals surface area contributed by atoms with E-state index in [1.807, 2.05) is 10.9 Å². The second kappa shape index (κ2) is 7.66. The number of likely N-dealkylation sites (tertiary alicyclic amines) is 1. The van der Waals surface area contributed by atoms with Crippen LogP contribution in [0.15, 0.2) is 23.0 Å². The van der Waals surface area contributed by atoms with Crippen LogP contribution >= 0.6 is 11.3 Å². The maximum absolute atomic E-state index is 12.3. The minimum atomic E-state index is -0.0795. The highest BCUT2D eigenvalue weighted by atomic mass is 32.1. The summed E-state index contributed by atoms with van der Waals surface area (Å²) >= 11 is 1.75. The Morgan fingerprint density at radius 2 is 2.16 bits per heavy atom. The van der Waals surface area contributed by atoms with Gasteiger partial charge < -0.3 is 5.32 Å². The maximum atomic E-state index is 12.3. The van der Waals surface area contributed by atoms with Crippen molar-refractivity contribution in [3.63, 3.8) is 0 Å². The third kappa shape index (κ3) is 4.10. The quantitative estimate of drug-likeness (QED) is 0.892. The molecule has 1 amide bonds. The van der Waals surface area contributed by atoms with Crippen molar-refractivity contribution in [1.29, 1.82) is 0 Å². The topological polar surface area (TPSA) is 63.1 Å². The summed E-state index contributed by atoms with van der Waals surface area (Å²) in [6.45, 7) is 3.07. The first-order valence-corrected chi connectivity index (χ1v) is 10.2. The molecule has 2 aromatic heterocycles. The Bertz CT molecular complexity index is 692. The van der Waals surface area contributed by atoms with E-state index in [0.717, 1.165) is 45.3 Å². The van der Waals surface area contributed by atoms with E-state index < -0.39 is 0 Å². The molecule has 1 unspecified atom stereocenters. The average molecular weight is 359 g/mol. The van der Waals surface area contributed by atoms with E-state index >= 15 is 0 Å². The van der Waals surface area contributed by atoms with Gasteiger partial charge in [0.15, 0.2) is 5.69 Å². The molecule has 1 aliphatic heterocycles. The van der Waals surface area contributed by atoms with E-state index in [9.17, 15) is 4.79 Å². The van der Waals surface area contributed by atoms with Crippen molar-refractivity contribution in [2.24, 2.45) is 0 Å². The van der Waals surface area contributed by atoms with Gasteiger partial charge in [-0.25, -0.2) is 4.68 Å². The number of carbonyl (C=O) groups excluding carboxylic acids is 1. The number of hydrogen-bond donors (Lipinski definition) is 1. The zero-order valence-corrected chi connectivity index (χ0v) is 15.2. The van der Waals surface area contributed by atoms with Crippen molar-refractivity contribution in [2.75, 3.05) is 13.1 Å². The molecule has 2 aromatic rings. The summed E-state index contributed by atoms with van der Waals surface area (Å²) in [6, 6.07) is 2.80. The van der Waals surface area contributed by atoms with Gasteiger partial charge in [0, 0.05) is 19.1 Å². The van der Waals surface area contributed by atoms with Crippen molar-refractivity contribution in [1.82, 2.24) is 25.2 Å². The maximum Gasteiger partial charge on any atom is 0.273 e. The fourth-order valence-corrected chi connectivity index (χ4v) is 4.58. The summed E-state index contributed by atoms with van der Waals surface area (Å²) in [5.74, 6) is -0.0795. The lowest BCUT2D eigenvalue weighted by atomic mass is 10.1. The molecular formula is C18H25N5OS. The van der Waals surface area contributed by atoms with E-state index in [0.29, 0.717) is 17.8 Å². The molecule has 1 N–H and O–H groups in total. The molecule has 3 heterocycles. The summed E-state index contributed by atoms with van der Waals surface area (Å²) in [6.07, 6.45) is 8.65. The first-order valence-electron chi connectivity index (χ1n) is 9.24. The van der Waals surface area contributed by atoms with Gasteiger partial charge in [-0.15, -0.1) is 5.10 Å². The fourth-order valence-electron chi connectivity index (χ4n) is 3.92. The summed E-state index contributed by atoms with van der Waals surface area (Å²) in [7, 11) is 0. The van der Waals surface area contributed by atoms with E-state index in [2.05, 4.69) is 37.4 Å². The molecule has 134 valence electrons. The van der Waals surface area contributed by atoms with Crippen molar-refractivity contribution in [2.45, 2.75) is 57.2 Å². The zero-order chi connectivity index (χ0) is 17.1. The summed E-state index contributed by atoms with van der Waals surface area (Å²) in [5.41, 5.74) is 1.82. The number of nitrogens with zero attached hydrogens (tertiary/aromatic N) is 4. The van der Waals surface area contributed by atoms with Crippen LogP contribution in [0.25, 0.3) is 0 Å². The van der Waals surface area contributed by atoms with Gasteiger partial charge in [0.2, 0.25) is 0 Å². The highest BCUT2D eigenvalue weighted by Crippen LogP contribution is 2.23. The third-order valence-electron chi connectivity index (χ3n) is 5.27. The van der Waals surface area contributed by atoms with E-state index in [4.69, 9.17) is 0 Å². The molecule has 7 heteroatoms. The smallest absolute Gasteiger partial charge is 0.273 e. The van der Waals surface area contributed by atoms with Gasteiger partial charge in [-0.05, 0) is 54.6 Å². The lowest BCUT2D eigenvalue weighted by molar-refractivity contribution is 0.0932. The molecule has 0 spiro atoms. The normalized spacial score (nSPS) is 22.3. The summed E-state index contributed by atoms with van der Waals surface area (Å²) < 4.78 is 1.89. The Labute approximate surface area is 152 Å². The zero-order valence-electron chi connectivity index (χ0n) is 14.4. The SMILES string of the molecule is O=C(NC1CCCC1)c1cn(C2CCCN(Cc3ccsc3)C2)nn1. The van der Waals surface area contributed by atoms with Crippen molar-refractivity contribution < 1.29 is 4.79 Å². The van der Waals surface area contributed by atoms with Crippen LogP contribution < -0.4 is 5.32 Å². The Hall–Kier alpha value is -1.73. The largest absolute Gasteiger partial charge is 0.348 e. The van der Waals surface area contributed by atoms with Gasteiger partial charge in [0.25, 0.3) is 5.91 Å². The van der Waals surface area contributed by atoms with Crippen molar-refractivity contribution in [3.05, 3.63) is 34.3 Å². The van der Waals surface area contributed by atoms with Crippen molar-refractivity contribution in [3.8, 4) is 0 Å². The Balaban J connectivity index is 1.36. The summed E-state index contributed by atoms with van der Waals surface area (Å²) in [5, 5.41) is 15.8. The molecule has 6 nitrogen and oxygen atoms in total. The van der Waals surface area contributed by atoms with Crippen LogP contribution in [0.3, 0.4) is 0 Å². The molecule has 0 bridgehead atoms. The van der Waals surface area contributed by atoms with Gasteiger partial charge >= 0.3 is 0 Å². The Morgan fingerprint density at radius 3 is 2.96 bits per heavy atom. The Morgan fingerprint density at radius 1 is 1.28 bits per heavy atom. The average Bonchev–Trinajstić information content (AvgIpc) is 3.38. The van der Waals surface area contributed by atoms with Crippen LogP contribution in [0.1, 0.15) is 60.6 Å². The molecule has 2 fully saturated rings. The molecule has 1 aliphatic carbocycles. The van der Waals surface area contributed by atoms with Crippen LogP contribution in [-0.4, -0.2) is 44.9 Å². The van der Waals surface area contributed by atoms with Crippen molar-refractivity contribution >= 4 is 17.2 Å². The predicted molar refractivity (Wildman–Crippen MR) is 97.6 cm³/mol. The molecule has 4 rings (SSSR count). The van der Waals surface area contributed by atoms with Gasteiger partial charge in [0.05, 0.1) is 12.2 Å². The predicted octanol–water partition coefficient (Wildman–Crippen LogP) is 2.85. The molecule has 0 aromatic carbocycles. The van der Waals surface area contributed by atoms with E-state index in [1.54, 1.807) is 11.3 Å². The molecule has 2 aliphatic rings. The minimum Gasteiger partial charge on any atom is -0.348 e. The van der Waals surface area contributed by atoms with Crippen LogP contribution in [0.4, 0.5) is 0 Å². The number of aromatic nitrogens is 3. The second-order valence-electron chi connectivity index (χ2n) is 7.20. The van der Waals surface area contributed by atoms with Gasteiger partial charge in [0.1, 0.15) is 0 Å². The number of nitrogens with one attached hydrogen (secondary N) is 1. The highest BCUT2D eigenvalue weighted by molar-refractivity contribution is 7.07. The number of amides is 1. The van der Waals surface area contributed by atoms with Crippen LogP contribution in [-0.2, 0) is 6.54 Å². The van der Waals surface area contributed by atoms with Gasteiger partial charge in [-0.3, -0.25) is 9.69 Å². The van der Waals surface area contributed by atoms with Gasteiger partial charge in [-0.1, -0.05) is 18.1 Å². The number of hydrogen-bond acceptors (Lipinski definition) is 5. The molecule has 1 saturated heterocycles.